The first kappa shape index (κ1) is 17.1. The van der Waals surface area contributed by atoms with Gasteiger partial charge in [-0.25, -0.2) is 4.79 Å². The molecule has 0 aliphatic heterocycles. The predicted octanol–water partition coefficient (Wildman–Crippen LogP) is 2.84. The predicted molar refractivity (Wildman–Crippen MR) is 71.2 cm³/mol. The van der Waals surface area contributed by atoms with Crippen molar-refractivity contribution in [2.45, 2.75) is 70.5 Å². The smallest absolute Gasteiger partial charge is 0.336 e. The molecule has 4 heteroatoms. The minimum atomic E-state index is -2.27. The summed E-state index contributed by atoms with van der Waals surface area (Å²) < 4.78 is 0. The monoisotopic (exact) mass is 258 g/mol. The van der Waals surface area contributed by atoms with E-state index >= 15 is 0 Å². The first-order chi connectivity index (χ1) is 8.41. The Kier molecular flexibility index (Phi) is 8.67. The second-order valence-electron chi connectivity index (χ2n) is 4.83. The molecule has 0 radical (unpaired) electrons. The molecule has 0 fully saturated rings. The number of carboxylic acids is 1. The van der Waals surface area contributed by atoms with Crippen LogP contribution in [0.15, 0.2) is 12.2 Å². The maximum absolute atomic E-state index is 10.6. The summed E-state index contributed by atoms with van der Waals surface area (Å²) in [6, 6.07) is 0. The molecule has 0 heterocycles. The third-order valence-electron chi connectivity index (χ3n) is 3.12. The molecule has 0 spiro atoms. The number of unbranched alkanes of at least 4 members (excludes halogenated alkanes) is 7. The zero-order valence-electron chi connectivity index (χ0n) is 11.3. The van der Waals surface area contributed by atoms with Crippen LogP contribution in [0.2, 0.25) is 0 Å². The Hall–Kier alpha value is -0.870. The van der Waals surface area contributed by atoms with Crippen LogP contribution in [0.1, 0.15) is 64.7 Å². The van der Waals surface area contributed by atoms with Crippen molar-refractivity contribution in [2.24, 2.45) is 0 Å². The summed E-state index contributed by atoms with van der Waals surface area (Å²) in [6.45, 7) is 5.35. The van der Waals surface area contributed by atoms with Crippen molar-refractivity contribution in [3.8, 4) is 0 Å². The lowest BCUT2D eigenvalue weighted by Crippen LogP contribution is -2.33. The van der Waals surface area contributed by atoms with Gasteiger partial charge in [-0.2, -0.15) is 0 Å². The molecule has 0 amide bonds. The Labute approximate surface area is 109 Å². The molecule has 0 aromatic rings. The van der Waals surface area contributed by atoms with Crippen molar-refractivity contribution < 1.29 is 20.1 Å². The molecule has 3 N–H and O–H groups in total. The Balaban J connectivity index is 3.59. The normalized spacial score (nSPS) is 11.5. The van der Waals surface area contributed by atoms with E-state index in [1.54, 1.807) is 0 Å². The fourth-order valence-corrected chi connectivity index (χ4v) is 1.83. The minimum absolute atomic E-state index is 0.0348. The number of carboxylic acid groups (broad SMARTS) is 1. The van der Waals surface area contributed by atoms with Gasteiger partial charge >= 0.3 is 5.97 Å². The molecule has 0 unspecified atom stereocenters. The Morgan fingerprint density at radius 2 is 1.44 bits per heavy atom. The highest BCUT2D eigenvalue weighted by atomic mass is 16.5. The molecule has 18 heavy (non-hydrogen) atoms. The maximum Gasteiger partial charge on any atom is 0.336 e. The van der Waals surface area contributed by atoms with E-state index in [1.807, 2.05) is 0 Å². The summed E-state index contributed by atoms with van der Waals surface area (Å²) in [7, 11) is 0. The van der Waals surface area contributed by atoms with E-state index < -0.39 is 17.3 Å². The summed E-state index contributed by atoms with van der Waals surface area (Å²) in [5.74, 6) is -3.63. The van der Waals surface area contributed by atoms with Crippen molar-refractivity contribution in [3.63, 3.8) is 0 Å². The quantitative estimate of drug-likeness (QED) is 0.302. The lowest BCUT2D eigenvalue weighted by molar-refractivity contribution is -0.156. The fraction of sp³-hybridized carbons (Fsp3) is 0.786. The fourth-order valence-electron chi connectivity index (χ4n) is 1.83. The zero-order valence-corrected chi connectivity index (χ0v) is 11.3. The highest BCUT2D eigenvalue weighted by Crippen LogP contribution is 2.20. The standard InChI is InChI=1S/C14H26O4/c1-3-4-5-6-7-8-9-10-11-14(17,18)12(2)13(15)16/h17-18H,2-11H2,1H3,(H,15,16). The van der Waals surface area contributed by atoms with Crippen LogP contribution in [-0.2, 0) is 4.79 Å². The summed E-state index contributed by atoms with van der Waals surface area (Å²) in [5.41, 5.74) is -0.551. The van der Waals surface area contributed by atoms with Crippen molar-refractivity contribution in [1.29, 1.82) is 0 Å². The van der Waals surface area contributed by atoms with E-state index in [0.29, 0.717) is 6.42 Å². The van der Waals surface area contributed by atoms with E-state index in [-0.39, 0.29) is 6.42 Å². The van der Waals surface area contributed by atoms with Crippen molar-refractivity contribution in [1.82, 2.24) is 0 Å². The summed E-state index contributed by atoms with van der Waals surface area (Å²) in [5, 5.41) is 27.6. The van der Waals surface area contributed by atoms with Gasteiger partial charge in [0.05, 0.1) is 5.57 Å². The van der Waals surface area contributed by atoms with Gasteiger partial charge in [0.25, 0.3) is 0 Å². The van der Waals surface area contributed by atoms with E-state index in [0.717, 1.165) is 19.3 Å². The number of carbonyl (C=O) groups is 1. The zero-order chi connectivity index (χ0) is 14.0. The molecule has 4 nitrogen and oxygen atoms in total. The molecule has 0 aromatic carbocycles. The van der Waals surface area contributed by atoms with E-state index in [4.69, 9.17) is 5.11 Å². The lowest BCUT2D eigenvalue weighted by atomic mass is 9.99. The Morgan fingerprint density at radius 1 is 1.00 bits per heavy atom. The molecule has 0 saturated carbocycles. The third-order valence-corrected chi connectivity index (χ3v) is 3.12. The van der Waals surface area contributed by atoms with E-state index in [9.17, 15) is 15.0 Å². The molecule has 0 rings (SSSR count). The number of rotatable bonds is 11. The molecule has 0 aromatic heterocycles. The van der Waals surface area contributed by atoms with Crippen LogP contribution in [0.25, 0.3) is 0 Å². The maximum atomic E-state index is 10.6. The summed E-state index contributed by atoms with van der Waals surface area (Å²) in [4.78, 5) is 10.6. The summed E-state index contributed by atoms with van der Waals surface area (Å²) >= 11 is 0. The highest BCUT2D eigenvalue weighted by Gasteiger charge is 2.30. The van der Waals surface area contributed by atoms with Gasteiger partial charge in [-0.15, -0.1) is 0 Å². The number of aliphatic hydroxyl groups is 2. The van der Waals surface area contributed by atoms with Gasteiger partial charge in [0.1, 0.15) is 0 Å². The minimum Gasteiger partial charge on any atom is -0.478 e. The number of hydrogen-bond donors (Lipinski definition) is 3. The van der Waals surface area contributed by atoms with Gasteiger partial charge in [-0.1, -0.05) is 58.4 Å². The largest absolute Gasteiger partial charge is 0.478 e. The van der Waals surface area contributed by atoms with Gasteiger partial charge in [-0.3, -0.25) is 0 Å². The first-order valence-electron chi connectivity index (χ1n) is 6.79. The molecule has 0 saturated heterocycles. The second kappa shape index (κ2) is 9.11. The van der Waals surface area contributed by atoms with Crippen LogP contribution < -0.4 is 0 Å². The van der Waals surface area contributed by atoms with Crippen LogP contribution >= 0.6 is 0 Å². The van der Waals surface area contributed by atoms with E-state index in [2.05, 4.69) is 13.5 Å². The van der Waals surface area contributed by atoms with Crippen molar-refractivity contribution >= 4 is 5.97 Å². The first-order valence-corrected chi connectivity index (χ1v) is 6.79. The van der Waals surface area contributed by atoms with Gasteiger partial charge in [0, 0.05) is 6.42 Å². The molecular formula is C14H26O4. The van der Waals surface area contributed by atoms with Gasteiger partial charge in [-0.05, 0) is 6.42 Å². The van der Waals surface area contributed by atoms with Crippen molar-refractivity contribution in [2.75, 3.05) is 0 Å². The second-order valence-corrected chi connectivity index (χ2v) is 4.83. The topological polar surface area (TPSA) is 77.8 Å². The van der Waals surface area contributed by atoms with Gasteiger partial charge in [0.15, 0.2) is 5.79 Å². The van der Waals surface area contributed by atoms with E-state index in [1.165, 1.54) is 25.7 Å². The molecular weight excluding hydrogens is 232 g/mol. The molecule has 0 bridgehead atoms. The average molecular weight is 258 g/mol. The van der Waals surface area contributed by atoms with Crippen LogP contribution in [0, 0.1) is 0 Å². The van der Waals surface area contributed by atoms with Crippen LogP contribution in [0.3, 0.4) is 0 Å². The molecule has 0 atom stereocenters. The number of aliphatic carboxylic acids is 1. The highest BCUT2D eigenvalue weighted by molar-refractivity contribution is 5.87. The lowest BCUT2D eigenvalue weighted by Gasteiger charge is -2.21. The SMILES string of the molecule is C=C(C(=O)O)C(O)(O)CCCCCCCCCC. The van der Waals surface area contributed by atoms with Crippen LogP contribution in [-0.4, -0.2) is 27.1 Å². The molecule has 106 valence electrons. The van der Waals surface area contributed by atoms with Crippen LogP contribution in [0.4, 0.5) is 0 Å². The van der Waals surface area contributed by atoms with Crippen LogP contribution in [0.5, 0.6) is 0 Å². The Morgan fingerprint density at radius 3 is 1.89 bits per heavy atom. The van der Waals surface area contributed by atoms with Gasteiger partial charge < -0.3 is 15.3 Å². The number of hydrogen-bond acceptors (Lipinski definition) is 3. The summed E-state index contributed by atoms with van der Waals surface area (Å²) in [6.07, 6.45) is 8.73. The molecule has 0 aliphatic carbocycles. The van der Waals surface area contributed by atoms with Crippen molar-refractivity contribution in [3.05, 3.63) is 12.2 Å². The average Bonchev–Trinajstić information content (AvgIpc) is 2.31. The molecule has 0 aliphatic rings. The van der Waals surface area contributed by atoms with Gasteiger partial charge in [0.2, 0.25) is 0 Å². The Bertz CT molecular complexity index is 259. The third kappa shape index (κ3) is 7.45.